The van der Waals surface area contributed by atoms with Gasteiger partial charge in [-0.3, -0.25) is 9.59 Å². The molecule has 1 heterocycles. The molecule has 0 atom stereocenters. The van der Waals surface area contributed by atoms with Gasteiger partial charge in [0.1, 0.15) is 0 Å². The normalized spacial score (nSPS) is 13.5. The highest BCUT2D eigenvalue weighted by molar-refractivity contribution is 5.95. The summed E-state index contributed by atoms with van der Waals surface area (Å²) < 4.78 is 15.7. The lowest BCUT2D eigenvalue weighted by atomic mass is 10.1. The van der Waals surface area contributed by atoms with Crippen LogP contribution in [0.4, 0.5) is 0 Å². The Balaban J connectivity index is 1.97. The number of likely N-dealkylation sites (tertiary alicyclic amines) is 1. The Kier molecular flexibility index (Phi) is 6.28. The molecule has 0 bridgehead atoms. The van der Waals surface area contributed by atoms with Crippen molar-refractivity contribution in [2.24, 2.45) is 0 Å². The lowest BCUT2D eigenvalue weighted by Crippen LogP contribution is -2.32. The van der Waals surface area contributed by atoms with Gasteiger partial charge in [-0.1, -0.05) is 0 Å². The lowest BCUT2D eigenvalue weighted by molar-refractivity contribution is -0.129. The molecule has 24 heavy (non-hydrogen) atoms. The molecule has 0 aliphatic carbocycles. The summed E-state index contributed by atoms with van der Waals surface area (Å²) in [6.07, 6.45) is 2.42. The second kappa shape index (κ2) is 8.42. The van der Waals surface area contributed by atoms with Crippen molar-refractivity contribution in [1.29, 1.82) is 0 Å². The number of hydrogen-bond donors (Lipinski definition) is 1. The number of hydrogen-bond acceptors (Lipinski definition) is 5. The summed E-state index contributed by atoms with van der Waals surface area (Å²) in [4.78, 5) is 26.1. The number of benzene rings is 1. The number of ether oxygens (including phenoxy) is 3. The Morgan fingerprint density at radius 2 is 1.62 bits per heavy atom. The third-order valence-electron chi connectivity index (χ3n) is 4.01. The molecule has 1 aliphatic rings. The van der Waals surface area contributed by atoms with Crippen LogP contribution in [0.3, 0.4) is 0 Å². The van der Waals surface area contributed by atoms with Crippen LogP contribution in [0.2, 0.25) is 0 Å². The van der Waals surface area contributed by atoms with E-state index in [0.717, 1.165) is 25.9 Å². The van der Waals surface area contributed by atoms with Crippen LogP contribution in [-0.4, -0.2) is 57.7 Å². The van der Waals surface area contributed by atoms with Crippen molar-refractivity contribution in [3.05, 3.63) is 17.7 Å². The van der Waals surface area contributed by atoms with Gasteiger partial charge in [-0.15, -0.1) is 0 Å². The molecular weight excluding hydrogens is 312 g/mol. The lowest BCUT2D eigenvalue weighted by Gasteiger charge is -2.16. The first-order valence-electron chi connectivity index (χ1n) is 7.96. The van der Waals surface area contributed by atoms with E-state index in [4.69, 9.17) is 14.2 Å². The summed E-state index contributed by atoms with van der Waals surface area (Å²) in [6.45, 7) is 1.93. The first-order chi connectivity index (χ1) is 11.6. The molecule has 2 amide bonds. The molecular formula is C17H24N2O5. The molecule has 1 aliphatic heterocycles. The van der Waals surface area contributed by atoms with Gasteiger partial charge in [0.25, 0.3) is 5.91 Å². The van der Waals surface area contributed by atoms with Crippen molar-refractivity contribution < 1.29 is 23.8 Å². The fraction of sp³-hybridized carbons (Fsp3) is 0.529. The largest absolute Gasteiger partial charge is 0.493 e. The molecule has 0 aromatic heterocycles. The summed E-state index contributed by atoms with van der Waals surface area (Å²) in [5.74, 6) is 1.05. The number of carbonyl (C=O) groups is 2. The molecule has 1 saturated heterocycles. The van der Waals surface area contributed by atoms with Crippen LogP contribution in [0.1, 0.15) is 29.6 Å². The van der Waals surface area contributed by atoms with Crippen molar-refractivity contribution in [3.63, 3.8) is 0 Å². The smallest absolute Gasteiger partial charge is 0.251 e. The van der Waals surface area contributed by atoms with Gasteiger partial charge in [-0.25, -0.2) is 0 Å². The van der Waals surface area contributed by atoms with E-state index >= 15 is 0 Å². The van der Waals surface area contributed by atoms with Crippen LogP contribution in [0.5, 0.6) is 17.2 Å². The third-order valence-corrected chi connectivity index (χ3v) is 4.01. The molecule has 0 spiro atoms. The number of methoxy groups -OCH3 is 3. The van der Waals surface area contributed by atoms with E-state index in [1.165, 1.54) is 21.3 Å². The molecule has 0 saturated carbocycles. The first-order valence-corrected chi connectivity index (χ1v) is 7.96. The predicted octanol–water partition coefficient (Wildman–Crippen LogP) is 1.45. The molecule has 132 valence electrons. The molecule has 1 fully saturated rings. The molecule has 1 aromatic carbocycles. The second-order valence-corrected chi connectivity index (χ2v) is 5.51. The summed E-state index contributed by atoms with van der Waals surface area (Å²) in [6, 6.07) is 3.16. The van der Waals surface area contributed by atoms with Crippen LogP contribution in [0.15, 0.2) is 12.1 Å². The molecule has 1 N–H and O–H groups in total. The maximum absolute atomic E-state index is 12.3. The van der Waals surface area contributed by atoms with Crippen molar-refractivity contribution >= 4 is 11.8 Å². The van der Waals surface area contributed by atoms with Gasteiger partial charge in [0.15, 0.2) is 11.5 Å². The highest BCUT2D eigenvalue weighted by Gasteiger charge is 2.19. The molecule has 0 unspecified atom stereocenters. The molecule has 1 aromatic rings. The van der Waals surface area contributed by atoms with Crippen molar-refractivity contribution in [1.82, 2.24) is 10.2 Å². The van der Waals surface area contributed by atoms with E-state index in [2.05, 4.69) is 5.32 Å². The molecule has 0 radical (unpaired) electrons. The van der Waals surface area contributed by atoms with E-state index in [-0.39, 0.29) is 11.8 Å². The highest BCUT2D eigenvalue weighted by atomic mass is 16.5. The minimum atomic E-state index is -0.288. The third kappa shape index (κ3) is 4.10. The Morgan fingerprint density at radius 1 is 1.04 bits per heavy atom. The molecule has 7 heteroatoms. The van der Waals surface area contributed by atoms with E-state index < -0.39 is 0 Å². The standard InChI is InChI=1S/C17H24N2O5/c1-22-13-10-12(11-14(23-2)16(13)24-3)17(21)18-7-6-15(20)19-8-4-5-9-19/h10-11H,4-9H2,1-3H3,(H,18,21). The average Bonchev–Trinajstić information content (AvgIpc) is 3.14. The predicted molar refractivity (Wildman–Crippen MR) is 88.9 cm³/mol. The zero-order chi connectivity index (χ0) is 17.5. The zero-order valence-corrected chi connectivity index (χ0v) is 14.4. The Hall–Kier alpha value is -2.44. The van der Waals surface area contributed by atoms with Gasteiger partial charge >= 0.3 is 0 Å². The van der Waals surface area contributed by atoms with Gasteiger partial charge in [0.05, 0.1) is 21.3 Å². The van der Waals surface area contributed by atoms with Crippen molar-refractivity contribution in [2.45, 2.75) is 19.3 Å². The maximum atomic E-state index is 12.3. The van der Waals surface area contributed by atoms with Crippen LogP contribution >= 0.6 is 0 Å². The fourth-order valence-corrected chi connectivity index (χ4v) is 2.72. The Labute approximate surface area is 141 Å². The first kappa shape index (κ1) is 17.9. The SMILES string of the molecule is COc1cc(C(=O)NCCC(=O)N2CCCC2)cc(OC)c1OC. The van der Waals surface area contributed by atoms with E-state index in [1.807, 2.05) is 4.90 Å². The summed E-state index contributed by atoms with van der Waals surface area (Å²) in [5, 5.41) is 2.76. The van der Waals surface area contributed by atoms with E-state index in [9.17, 15) is 9.59 Å². The second-order valence-electron chi connectivity index (χ2n) is 5.51. The minimum Gasteiger partial charge on any atom is -0.493 e. The zero-order valence-electron chi connectivity index (χ0n) is 14.4. The Morgan fingerprint density at radius 3 is 2.12 bits per heavy atom. The maximum Gasteiger partial charge on any atom is 0.251 e. The van der Waals surface area contributed by atoms with Gasteiger partial charge in [-0.05, 0) is 25.0 Å². The minimum absolute atomic E-state index is 0.0812. The quantitative estimate of drug-likeness (QED) is 0.816. The van der Waals surface area contributed by atoms with E-state index in [1.54, 1.807) is 12.1 Å². The van der Waals surface area contributed by atoms with Crippen LogP contribution in [0.25, 0.3) is 0 Å². The number of nitrogens with zero attached hydrogens (tertiary/aromatic N) is 1. The summed E-state index contributed by atoms with van der Waals surface area (Å²) in [7, 11) is 4.49. The van der Waals surface area contributed by atoms with Crippen LogP contribution in [-0.2, 0) is 4.79 Å². The van der Waals surface area contributed by atoms with E-state index in [0.29, 0.717) is 35.8 Å². The highest BCUT2D eigenvalue weighted by Crippen LogP contribution is 2.38. The number of amides is 2. The fourth-order valence-electron chi connectivity index (χ4n) is 2.72. The van der Waals surface area contributed by atoms with Gasteiger partial charge in [-0.2, -0.15) is 0 Å². The van der Waals surface area contributed by atoms with Crippen LogP contribution < -0.4 is 19.5 Å². The van der Waals surface area contributed by atoms with Gasteiger partial charge < -0.3 is 24.4 Å². The average molecular weight is 336 g/mol. The van der Waals surface area contributed by atoms with Gasteiger partial charge in [0.2, 0.25) is 11.7 Å². The number of carbonyl (C=O) groups excluding carboxylic acids is 2. The van der Waals surface area contributed by atoms with Crippen molar-refractivity contribution in [2.75, 3.05) is 41.0 Å². The number of rotatable bonds is 7. The van der Waals surface area contributed by atoms with Crippen molar-refractivity contribution in [3.8, 4) is 17.2 Å². The van der Waals surface area contributed by atoms with Gasteiger partial charge in [0, 0.05) is 31.6 Å². The topological polar surface area (TPSA) is 77.1 Å². The Bertz CT molecular complexity index is 572. The molecule has 7 nitrogen and oxygen atoms in total. The monoisotopic (exact) mass is 336 g/mol. The number of nitrogens with one attached hydrogen (secondary N) is 1. The van der Waals surface area contributed by atoms with Crippen LogP contribution in [0, 0.1) is 0 Å². The summed E-state index contributed by atoms with van der Waals surface area (Å²) in [5.41, 5.74) is 0.387. The summed E-state index contributed by atoms with van der Waals surface area (Å²) >= 11 is 0. The molecule has 2 rings (SSSR count).